The van der Waals surface area contributed by atoms with Crippen molar-refractivity contribution in [2.45, 2.75) is 33.4 Å². The number of thiophene rings is 1. The molecule has 3 rings (SSSR count). The van der Waals surface area contributed by atoms with Crippen LogP contribution in [0.5, 0.6) is 5.75 Å². The number of hydrogen-bond donors (Lipinski definition) is 0. The van der Waals surface area contributed by atoms with Crippen LogP contribution in [0.1, 0.15) is 22.7 Å². The summed E-state index contributed by atoms with van der Waals surface area (Å²) in [6.07, 6.45) is 0.755. The number of rotatable bonds is 7. The zero-order valence-electron chi connectivity index (χ0n) is 15.8. The zero-order valence-corrected chi connectivity index (χ0v) is 16.6. The van der Waals surface area contributed by atoms with Crippen molar-refractivity contribution in [3.8, 4) is 5.75 Å². The molecule has 138 valence electrons. The van der Waals surface area contributed by atoms with Crippen LogP contribution in [0.25, 0.3) is 10.2 Å². The summed E-state index contributed by atoms with van der Waals surface area (Å²) in [4.78, 5) is 21.9. The van der Waals surface area contributed by atoms with Gasteiger partial charge in [0.15, 0.2) is 0 Å². The first-order chi connectivity index (χ1) is 12.5. The van der Waals surface area contributed by atoms with Gasteiger partial charge in [-0.15, -0.1) is 11.3 Å². The van der Waals surface area contributed by atoms with E-state index in [4.69, 9.17) is 9.72 Å². The summed E-state index contributed by atoms with van der Waals surface area (Å²) in [6.45, 7) is 5.86. The normalized spacial score (nSPS) is 11.4. The van der Waals surface area contributed by atoms with Gasteiger partial charge in [-0.05, 0) is 52.1 Å². The Bertz CT molecular complexity index is 945. The molecule has 1 aromatic carbocycles. The first kappa shape index (κ1) is 18.6. The maximum Gasteiger partial charge on any atom is 0.262 e. The van der Waals surface area contributed by atoms with E-state index in [-0.39, 0.29) is 5.56 Å². The third-order valence-electron chi connectivity index (χ3n) is 4.36. The lowest BCUT2D eigenvalue weighted by Gasteiger charge is -2.16. The van der Waals surface area contributed by atoms with Crippen LogP contribution in [0.15, 0.2) is 35.1 Å². The minimum Gasteiger partial charge on any atom is -0.494 e. The van der Waals surface area contributed by atoms with Crippen LogP contribution in [-0.2, 0) is 13.1 Å². The highest BCUT2D eigenvalue weighted by Crippen LogP contribution is 2.26. The number of fused-ring (bicyclic) bond motifs is 1. The molecular weight excluding hydrogens is 346 g/mol. The molecule has 2 heterocycles. The van der Waals surface area contributed by atoms with Crippen molar-refractivity contribution in [1.82, 2.24) is 14.5 Å². The summed E-state index contributed by atoms with van der Waals surface area (Å²) in [5.41, 5.74) is 1.11. The molecule has 6 heteroatoms. The lowest BCUT2D eigenvalue weighted by Crippen LogP contribution is -2.29. The fourth-order valence-electron chi connectivity index (χ4n) is 2.93. The van der Waals surface area contributed by atoms with E-state index in [9.17, 15) is 4.79 Å². The van der Waals surface area contributed by atoms with E-state index in [0.29, 0.717) is 19.7 Å². The third kappa shape index (κ3) is 3.97. The Morgan fingerprint density at radius 3 is 2.62 bits per heavy atom. The largest absolute Gasteiger partial charge is 0.494 e. The van der Waals surface area contributed by atoms with Crippen LogP contribution in [0, 0.1) is 13.8 Å². The highest BCUT2D eigenvalue weighted by molar-refractivity contribution is 7.18. The fraction of sp³-hybridized carbons (Fsp3) is 0.400. The first-order valence-corrected chi connectivity index (χ1v) is 9.61. The summed E-state index contributed by atoms with van der Waals surface area (Å²) in [6, 6.07) is 9.75. The van der Waals surface area contributed by atoms with E-state index in [2.05, 4.69) is 0 Å². The van der Waals surface area contributed by atoms with Crippen LogP contribution in [0.2, 0.25) is 0 Å². The molecule has 0 aliphatic heterocycles. The van der Waals surface area contributed by atoms with Crippen LogP contribution in [0.4, 0.5) is 0 Å². The molecule has 26 heavy (non-hydrogen) atoms. The predicted octanol–water partition coefficient (Wildman–Crippen LogP) is 3.61. The Morgan fingerprint density at radius 2 is 1.92 bits per heavy atom. The zero-order chi connectivity index (χ0) is 18.7. The van der Waals surface area contributed by atoms with Crippen molar-refractivity contribution < 1.29 is 4.74 Å². The molecular formula is C20H25N3O2S. The minimum absolute atomic E-state index is 0.0633. The fourth-order valence-corrected chi connectivity index (χ4v) is 3.97. The van der Waals surface area contributed by atoms with Crippen molar-refractivity contribution in [3.05, 3.63) is 57.0 Å². The Balaban J connectivity index is 1.83. The van der Waals surface area contributed by atoms with Gasteiger partial charge in [0.2, 0.25) is 0 Å². The van der Waals surface area contributed by atoms with E-state index in [0.717, 1.165) is 38.7 Å². The summed E-state index contributed by atoms with van der Waals surface area (Å²) in [7, 11) is 3.98. The van der Waals surface area contributed by atoms with Gasteiger partial charge in [0.25, 0.3) is 5.56 Å². The lowest BCUT2D eigenvalue weighted by molar-refractivity contribution is 0.297. The predicted molar refractivity (Wildman–Crippen MR) is 107 cm³/mol. The van der Waals surface area contributed by atoms with Crippen LogP contribution in [0.3, 0.4) is 0 Å². The molecule has 2 aromatic heterocycles. The summed E-state index contributed by atoms with van der Waals surface area (Å²) in [5.74, 6) is 1.67. The van der Waals surface area contributed by atoms with E-state index in [1.807, 2.05) is 67.7 Å². The van der Waals surface area contributed by atoms with Crippen molar-refractivity contribution in [3.63, 3.8) is 0 Å². The number of benzene rings is 1. The highest BCUT2D eigenvalue weighted by atomic mass is 32.1. The molecule has 0 radical (unpaired) electrons. The molecule has 0 atom stereocenters. The molecule has 0 unspecified atom stereocenters. The number of para-hydroxylation sites is 1. The van der Waals surface area contributed by atoms with E-state index in [1.54, 1.807) is 11.3 Å². The Kier molecular flexibility index (Phi) is 5.74. The molecule has 0 amide bonds. The van der Waals surface area contributed by atoms with Gasteiger partial charge in [-0.2, -0.15) is 0 Å². The Hall–Kier alpha value is -2.18. The maximum atomic E-state index is 13.1. The number of nitrogens with zero attached hydrogens (tertiary/aromatic N) is 3. The van der Waals surface area contributed by atoms with Crippen LogP contribution < -0.4 is 10.3 Å². The van der Waals surface area contributed by atoms with Gasteiger partial charge in [-0.3, -0.25) is 9.36 Å². The number of aromatic nitrogens is 2. The molecule has 0 aliphatic rings. The average molecular weight is 372 g/mol. The second-order valence-electron chi connectivity index (χ2n) is 6.70. The van der Waals surface area contributed by atoms with Crippen LogP contribution in [-0.4, -0.2) is 35.2 Å². The number of ether oxygens (including phenoxy) is 1. The highest BCUT2D eigenvalue weighted by Gasteiger charge is 2.16. The van der Waals surface area contributed by atoms with E-state index in [1.165, 1.54) is 0 Å². The first-order valence-electron chi connectivity index (χ1n) is 8.79. The minimum atomic E-state index is 0.0633. The van der Waals surface area contributed by atoms with Crippen LogP contribution >= 0.6 is 11.3 Å². The second-order valence-corrected chi connectivity index (χ2v) is 7.90. The summed E-state index contributed by atoms with van der Waals surface area (Å²) >= 11 is 1.60. The van der Waals surface area contributed by atoms with Crippen molar-refractivity contribution in [2.24, 2.45) is 0 Å². The van der Waals surface area contributed by atoms with Gasteiger partial charge in [-0.1, -0.05) is 18.2 Å². The van der Waals surface area contributed by atoms with Gasteiger partial charge >= 0.3 is 0 Å². The molecule has 0 spiro atoms. The van der Waals surface area contributed by atoms with E-state index < -0.39 is 0 Å². The molecule has 5 nitrogen and oxygen atoms in total. The third-order valence-corrected chi connectivity index (χ3v) is 5.46. The standard InChI is InChI=1S/C20H25N3O2S/c1-14-15(2)26-19-18(14)20(24)23(17(21-19)13-22(3)4)11-8-12-25-16-9-6-5-7-10-16/h5-7,9-10H,8,11-13H2,1-4H3. The number of hydrogen-bond acceptors (Lipinski definition) is 5. The van der Waals surface area contributed by atoms with Gasteiger partial charge in [0.05, 0.1) is 18.5 Å². The number of aryl methyl sites for hydroxylation is 2. The topological polar surface area (TPSA) is 47.4 Å². The van der Waals surface area contributed by atoms with E-state index >= 15 is 0 Å². The monoisotopic (exact) mass is 371 g/mol. The molecule has 0 N–H and O–H groups in total. The van der Waals surface area contributed by atoms with Gasteiger partial charge < -0.3 is 9.64 Å². The van der Waals surface area contributed by atoms with Gasteiger partial charge in [0.1, 0.15) is 16.4 Å². The summed E-state index contributed by atoms with van der Waals surface area (Å²) in [5, 5.41) is 0.763. The average Bonchev–Trinajstić information content (AvgIpc) is 2.88. The van der Waals surface area contributed by atoms with Gasteiger partial charge in [0, 0.05) is 11.4 Å². The smallest absolute Gasteiger partial charge is 0.262 e. The molecule has 0 aliphatic carbocycles. The van der Waals surface area contributed by atoms with Crippen molar-refractivity contribution in [1.29, 1.82) is 0 Å². The molecule has 0 saturated heterocycles. The Morgan fingerprint density at radius 1 is 1.19 bits per heavy atom. The molecule has 3 aromatic rings. The van der Waals surface area contributed by atoms with Crippen molar-refractivity contribution in [2.75, 3.05) is 20.7 Å². The Labute approximate surface area is 157 Å². The van der Waals surface area contributed by atoms with Gasteiger partial charge in [-0.25, -0.2) is 4.98 Å². The quantitative estimate of drug-likeness (QED) is 0.595. The second kappa shape index (κ2) is 8.01. The SMILES string of the molecule is Cc1sc2nc(CN(C)C)n(CCCOc3ccccc3)c(=O)c2c1C. The summed E-state index contributed by atoms with van der Waals surface area (Å²) < 4.78 is 7.58. The molecule has 0 saturated carbocycles. The molecule has 0 bridgehead atoms. The van der Waals surface area contributed by atoms with Crippen molar-refractivity contribution >= 4 is 21.6 Å². The maximum absolute atomic E-state index is 13.1. The molecule has 0 fully saturated rings. The lowest BCUT2D eigenvalue weighted by atomic mass is 10.2.